The zero-order valence-corrected chi connectivity index (χ0v) is 9.44. The van der Waals surface area contributed by atoms with Crippen LogP contribution in [0.15, 0.2) is 24.5 Å². The van der Waals surface area contributed by atoms with Gasteiger partial charge in [-0.15, -0.1) is 0 Å². The fraction of sp³-hybridized carbons (Fsp3) is 0.250. The first-order chi connectivity index (χ1) is 7.63. The normalized spacial score (nSPS) is 10.4. The van der Waals surface area contributed by atoms with E-state index in [0.717, 1.165) is 0 Å². The summed E-state index contributed by atoms with van der Waals surface area (Å²) in [7, 11) is 0. The molecular formula is C12H14N4. The minimum Gasteiger partial charge on any atom is -0.368 e. The monoisotopic (exact) mass is 214 g/mol. The molecular weight excluding hydrogens is 200 g/mol. The highest BCUT2D eigenvalue weighted by Crippen LogP contribution is 2.11. The van der Waals surface area contributed by atoms with Crippen LogP contribution in [0.4, 0.5) is 5.95 Å². The van der Waals surface area contributed by atoms with Crippen molar-refractivity contribution >= 4 is 5.95 Å². The molecule has 0 saturated heterocycles. The predicted octanol–water partition coefficient (Wildman–Crippen LogP) is 1.66. The lowest BCUT2D eigenvalue weighted by molar-refractivity contribution is 0.927. The molecule has 2 N–H and O–H groups in total. The Hall–Kier alpha value is -1.97. The molecule has 2 rings (SSSR count). The molecule has 1 aromatic heterocycles. The van der Waals surface area contributed by atoms with Gasteiger partial charge in [0.05, 0.1) is 0 Å². The number of nitrogens with zero attached hydrogens (tertiary/aromatic N) is 3. The summed E-state index contributed by atoms with van der Waals surface area (Å²) in [5.41, 5.74) is 9.20. The third kappa shape index (κ3) is 2.53. The van der Waals surface area contributed by atoms with E-state index < -0.39 is 0 Å². The quantitative estimate of drug-likeness (QED) is 0.825. The first-order valence-corrected chi connectivity index (χ1v) is 5.14. The molecule has 16 heavy (non-hydrogen) atoms. The van der Waals surface area contributed by atoms with E-state index in [2.05, 4.69) is 47.0 Å². The van der Waals surface area contributed by atoms with Crippen molar-refractivity contribution in [1.29, 1.82) is 0 Å². The smallest absolute Gasteiger partial charge is 0.223 e. The molecule has 4 heteroatoms. The first kappa shape index (κ1) is 10.5. The highest BCUT2D eigenvalue weighted by atomic mass is 15.1. The molecule has 0 aliphatic heterocycles. The zero-order chi connectivity index (χ0) is 11.5. The molecule has 82 valence electrons. The van der Waals surface area contributed by atoms with E-state index in [1.807, 2.05) is 0 Å². The van der Waals surface area contributed by atoms with Crippen molar-refractivity contribution < 1.29 is 0 Å². The molecule has 0 saturated carbocycles. The second-order valence-electron chi connectivity index (χ2n) is 3.93. The van der Waals surface area contributed by atoms with Gasteiger partial charge in [0.1, 0.15) is 12.2 Å². The lowest BCUT2D eigenvalue weighted by atomic mass is 10.0. The van der Waals surface area contributed by atoms with Crippen LogP contribution in [0.3, 0.4) is 0 Å². The second kappa shape index (κ2) is 4.26. The van der Waals surface area contributed by atoms with Crippen molar-refractivity contribution in [2.75, 3.05) is 5.73 Å². The highest BCUT2D eigenvalue weighted by Gasteiger charge is 2.01. The highest BCUT2D eigenvalue weighted by molar-refractivity contribution is 5.30. The average Bonchev–Trinajstić information content (AvgIpc) is 2.15. The summed E-state index contributed by atoms with van der Waals surface area (Å²) < 4.78 is 0. The zero-order valence-electron chi connectivity index (χ0n) is 9.44. The molecule has 4 nitrogen and oxygen atoms in total. The van der Waals surface area contributed by atoms with Crippen molar-refractivity contribution in [3.8, 4) is 0 Å². The number of hydrogen-bond donors (Lipinski definition) is 1. The third-order valence-corrected chi connectivity index (χ3v) is 2.28. The number of rotatable bonds is 2. The summed E-state index contributed by atoms with van der Waals surface area (Å²) in [5.74, 6) is 0.979. The van der Waals surface area contributed by atoms with Gasteiger partial charge in [-0.2, -0.15) is 4.98 Å². The molecule has 0 radical (unpaired) electrons. The summed E-state index contributed by atoms with van der Waals surface area (Å²) in [6.07, 6.45) is 2.13. The Morgan fingerprint density at radius 1 is 1.06 bits per heavy atom. The van der Waals surface area contributed by atoms with Gasteiger partial charge in [-0.3, -0.25) is 0 Å². The Balaban J connectivity index is 2.27. The number of hydrogen-bond acceptors (Lipinski definition) is 4. The molecule has 0 aliphatic rings. The van der Waals surface area contributed by atoms with Gasteiger partial charge in [-0.1, -0.05) is 29.3 Å². The Kier molecular flexibility index (Phi) is 2.81. The van der Waals surface area contributed by atoms with Gasteiger partial charge in [-0.25, -0.2) is 9.97 Å². The molecule has 0 spiro atoms. The molecule has 0 atom stereocenters. The van der Waals surface area contributed by atoms with Gasteiger partial charge in [-0.05, 0) is 19.4 Å². The number of aryl methyl sites for hydroxylation is 2. The van der Waals surface area contributed by atoms with Gasteiger partial charge >= 0.3 is 0 Å². The standard InChI is InChI=1S/C12H14N4/c1-8-3-9(2)5-10(4-8)6-11-14-7-15-12(13)16-11/h3-5,7H,6H2,1-2H3,(H2,13,14,15,16). The van der Waals surface area contributed by atoms with Gasteiger partial charge in [0.15, 0.2) is 0 Å². The SMILES string of the molecule is Cc1cc(C)cc(Cc2ncnc(N)n2)c1. The lowest BCUT2D eigenvalue weighted by Gasteiger charge is -2.04. The number of nitrogens with two attached hydrogens (primary N) is 1. The van der Waals surface area contributed by atoms with Gasteiger partial charge in [0.25, 0.3) is 0 Å². The van der Waals surface area contributed by atoms with Crippen LogP contribution in [0, 0.1) is 13.8 Å². The van der Waals surface area contributed by atoms with Crippen LogP contribution in [-0.2, 0) is 6.42 Å². The number of nitrogen functional groups attached to an aromatic ring is 1. The minimum absolute atomic E-state index is 0.273. The van der Waals surface area contributed by atoms with Crippen molar-refractivity contribution in [1.82, 2.24) is 15.0 Å². The van der Waals surface area contributed by atoms with E-state index in [4.69, 9.17) is 5.73 Å². The average molecular weight is 214 g/mol. The molecule has 0 unspecified atom stereocenters. The van der Waals surface area contributed by atoms with Crippen LogP contribution in [0.5, 0.6) is 0 Å². The van der Waals surface area contributed by atoms with Crippen LogP contribution in [0.25, 0.3) is 0 Å². The van der Waals surface area contributed by atoms with Crippen LogP contribution in [0.1, 0.15) is 22.5 Å². The van der Waals surface area contributed by atoms with Crippen molar-refractivity contribution in [2.24, 2.45) is 0 Å². The Morgan fingerprint density at radius 2 is 1.75 bits per heavy atom. The van der Waals surface area contributed by atoms with Crippen LogP contribution >= 0.6 is 0 Å². The Labute approximate surface area is 94.6 Å². The third-order valence-electron chi connectivity index (χ3n) is 2.28. The van der Waals surface area contributed by atoms with E-state index >= 15 is 0 Å². The molecule has 1 aromatic carbocycles. The van der Waals surface area contributed by atoms with Crippen molar-refractivity contribution in [3.05, 3.63) is 47.0 Å². The lowest BCUT2D eigenvalue weighted by Crippen LogP contribution is -2.02. The maximum absolute atomic E-state index is 5.51. The van der Waals surface area contributed by atoms with Crippen molar-refractivity contribution in [2.45, 2.75) is 20.3 Å². The summed E-state index contributed by atoms with van der Waals surface area (Å²) in [6, 6.07) is 6.41. The molecule has 0 amide bonds. The Bertz CT molecular complexity index is 488. The number of aromatic nitrogens is 3. The van der Waals surface area contributed by atoms with E-state index in [-0.39, 0.29) is 5.95 Å². The molecule has 1 heterocycles. The molecule has 0 fully saturated rings. The topological polar surface area (TPSA) is 64.7 Å². The molecule has 2 aromatic rings. The van der Waals surface area contributed by atoms with Crippen LogP contribution in [0.2, 0.25) is 0 Å². The van der Waals surface area contributed by atoms with E-state index in [0.29, 0.717) is 12.2 Å². The summed E-state index contributed by atoms with van der Waals surface area (Å²) in [6.45, 7) is 4.16. The fourth-order valence-corrected chi connectivity index (χ4v) is 1.78. The van der Waals surface area contributed by atoms with Gasteiger partial charge in [0, 0.05) is 6.42 Å². The fourth-order valence-electron chi connectivity index (χ4n) is 1.78. The molecule has 0 aliphatic carbocycles. The van der Waals surface area contributed by atoms with E-state index in [9.17, 15) is 0 Å². The van der Waals surface area contributed by atoms with E-state index in [1.165, 1.54) is 23.0 Å². The second-order valence-corrected chi connectivity index (χ2v) is 3.93. The molecule has 0 bridgehead atoms. The largest absolute Gasteiger partial charge is 0.368 e. The first-order valence-electron chi connectivity index (χ1n) is 5.14. The van der Waals surface area contributed by atoms with Gasteiger partial charge < -0.3 is 5.73 Å². The number of anilines is 1. The predicted molar refractivity (Wildman–Crippen MR) is 63.0 cm³/mol. The van der Waals surface area contributed by atoms with E-state index in [1.54, 1.807) is 0 Å². The summed E-state index contributed by atoms with van der Waals surface area (Å²) >= 11 is 0. The number of benzene rings is 1. The summed E-state index contributed by atoms with van der Waals surface area (Å²) in [5, 5.41) is 0. The van der Waals surface area contributed by atoms with Gasteiger partial charge in [0.2, 0.25) is 5.95 Å². The Morgan fingerprint density at radius 3 is 2.38 bits per heavy atom. The van der Waals surface area contributed by atoms with Crippen LogP contribution < -0.4 is 5.73 Å². The minimum atomic E-state index is 0.273. The summed E-state index contributed by atoms with van der Waals surface area (Å²) in [4.78, 5) is 11.9. The maximum atomic E-state index is 5.51. The van der Waals surface area contributed by atoms with Crippen LogP contribution in [-0.4, -0.2) is 15.0 Å². The van der Waals surface area contributed by atoms with Crippen molar-refractivity contribution in [3.63, 3.8) is 0 Å². The maximum Gasteiger partial charge on any atom is 0.223 e.